The van der Waals surface area contributed by atoms with Crippen LogP contribution in [0, 0.1) is 13.8 Å². The molecule has 0 bridgehead atoms. The smallest absolute Gasteiger partial charge is 0.220 e. The van der Waals surface area contributed by atoms with E-state index in [9.17, 15) is 4.79 Å². The molecule has 0 unspecified atom stereocenters. The van der Waals surface area contributed by atoms with Gasteiger partial charge in [0, 0.05) is 26.7 Å². The van der Waals surface area contributed by atoms with Crippen LogP contribution >= 0.6 is 0 Å². The Bertz CT molecular complexity index is 432. The molecule has 1 aromatic rings. The van der Waals surface area contributed by atoms with E-state index in [1.54, 1.807) is 7.11 Å². The molecule has 4 heteroatoms. The first-order chi connectivity index (χ1) is 10.1. The third-order valence-electron chi connectivity index (χ3n) is 3.34. The zero-order chi connectivity index (χ0) is 15.5. The van der Waals surface area contributed by atoms with Gasteiger partial charge in [-0.25, -0.2) is 0 Å². The van der Waals surface area contributed by atoms with Gasteiger partial charge in [0.2, 0.25) is 5.91 Å². The Morgan fingerprint density at radius 2 is 2.00 bits per heavy atom. The van der Waals surface area contributed by atoms with Gasteiger partial charge in [0.1, 0.15) is 0 Å². The molecular formula is C17H27NO3. The summed E-state index contributed by atoms with van der Waals surface area (Å²) in [7, 11) is 1.65. The maximum Gasteiger partial charge on any atom is 0.220 e. The van der Waals surface area contributed by atoms with E-state index in [1.807, 2.05) is 0 Å². The lowest BCUT2D eigenvalue weighted by atomic mass is 10.0. The first-order valence-electron chi connectivity index (χ1n) is 7.53. The van der Waals surface area contributed by atoms with Crippen molar-refractivity contribution < 1.29 is 14.3 Å². The molecule has 118 valence electrons. The Hall–Kier alpha value is -1.39. The van der Waals surface area contributed by atoms with Gasteiger partial charge in [0.05, 0.1) is 13.2 Å². The van der Waals surface area contributed by atoms with E-state index < -0.39 is 0 Å². The van der Waals surface area contributed by atoms with Crippen LogP contribution in [0.25, 0.3) is 0 Å². The van der Waals surface area contributed by atoms with Crippen LogP contribution in [0.5, 0.6) is 0 Å². The number of benzene rings is 1. The van der Waals surface area contributed by atoms with E-state index in [4.69, 9.17) is 9.47 Å². The summed E-state index contributed by atoms with van der Waals surface area (Å²) in [5.74, 6) is 0.104. The Labute approximate surface area is 127 Å². The number of methoxy groups -OCH3 is 1. The van der Waals surface area contributed by atoms with Crippen LogP contribution in [0.1, 0.15) is 29.5 Å². The van der Waals surface area contributed by atoms with Gasteiger partial charge in [-0.1, -0.05) is 23.8 Å². The second kappa shape index (κ2) is 10.4. The highest BCUT2D eigenvalue weighted by atomic mass is 16.5. The molecule has 0 spiro atoms. The fourth-order valence-corrected chi connectivity index (χ4v) is 2.11. The summed E-state index contributed by atoms with van der Waals surface area (Å²) in [6.07, 6.45) is 2.16. The molecule has 0 saturated heterocycles. The van der Waals surface area contributed by atoms with Crippen molar-refractivity contribution in [2.24, 2.45) is 0 Å². The molecule has 0 aliphatic heterocycles. The monoisotopic (exact) mass is 293 g/mol. The summed E-state index contributed by atoms with van der Waals surface area (Å²) in [4.78, 5) is 11.8. The van der Waals surface area contributed by atoms with Gasteiger partial charge in [-0.05, 0) is 37.8 Å². The Morgan fingerprint density at radius 3 is 2.71 bits per heavy atom. The van der Waals surface area contributed by atoms with Crippen LogP contribution in [-0.2, 0) is 20.7 Å². The molecule has 0 aromatic heterocycles. The number of amides is 1. The van der Waals surface area contributed by atoms with Crippen molar-refractivity contribution in [3.63, 3.8) is 0 Å². The largest absolute Gasteiger partial charge is 0.382 e. The minimum absolute atomic E-state index is 0.104. The highest BCUT2D eigenvalue weighted by molar-refractivity contribution is 5.76. The highest BCUT2D eigenvalue weighted by Crippen LogP contribution is 2.12. The molecule has 0 heterocycles. The van der Waals surface area contributed by atoms with Crippen molar-refractivity contribution in [1.82, 2.24) is 5.32 Å². The zero-order valence-corrected chi connectivity index (χ0v) is 13.4. The van der Waals surface area contributed by atoms with Crippen molar-refractivity contribution in [3.8, 4) is 0 Å². The van der Waals surface area contributed by atoms with Crippen LogP contribution in [0.4, 0.5) is 0 Å². The Kier molecular flexibility index (Phi) is 8.71. The fourth-order valence-electron chi connectivity index (χ4n) is 2.11. The average molecular weight is 293 g/mol. The minimum Gasteiger partial charge on any atom is -0.382 e. The second-order valence-corrected chi connectivity index (χ2v) is 5.24. The number of rotatable bonds is 10. The van der Waals surface area contributed by atoms with E-state index in [2.05, 4.69) is 37.4 Å². The van der Waals surface area contributed by atoms with Crippen LogP contribution in [0.3, 0.4) is 0 Å². The van der Waals surface area contributed by atoms with E-state index >= 15 is 0 Å². The summed E-state index contributed by atoms with van der Waals surface area (Å²) < 4.78 is 10.2. The SMILES string of the molecule is COCCOCCCNC(=O)CCc1ccc(C)cc1C. The van der Waals surface area contributed by atoms with Crippen LogP contribution < -0.4 is 5.32 Å². The van der Waals surface area contributed by atoms with E-state index in [1.165, 1.54) is 16.7 Å². The first-order valence-corrected chi connectivity index (χ1v) is 7.53. The highest BCUT2D eigenvalue weighted by Gasteiger charge is 2.04. The molecule has 0 atom stereocenters. The number of carbonyl (C=O) groups is 1. The molecule has 0 saturated carbocycles. The summed E-state index contributed by atoms with van der Waals surface area (Å²) in [6, 6.07) is 6.36. The van der Waals surface area contributed by atoms with Crippen molar-refractivity contribution in [2.75, 3.05) is 33.5 Å². The number of nitrogens with one attached hydrogen (secondary N) is 1. The van der Waals surface area contributed by atoms with E-state index in [-0.39, 0.29) is 5.91 Å². The lowest BCUT2D eigenvalue weighted by molar-refractivity contribution is -0.121. The van der Waals surface area contributed by atoms with Gasteiger partial charge in [-0.3, -0.25) is 4.79 Å². The molecule has 1 amide bonds. The lowest BCUT2D eigenvalue weighted by Gasteiger charge is -2.08. The number of carbonyl (C=O) groups excluding carboxylic acids is 1. The number of ether oxygens (including phenoxy) is 2. The Balaban J connectivity index is 2.11. The minimum atomic E-state index is 0.104. The van der Waals surface area contributed by atoms with Crippen molar-refractivity contribution in [1.29, 1.82) is 0 Å². The normalized spacial score (nSPS) is 10.6. The van der Waals surface area contributed by atoms with Crippen molar-refractivity contribution in [3.05, 3.63) is 34.9 Å². The molecule has 1 rings (SSSR count). The predicted octanol–water partition coefficient (Wildman–Crippen LogP) is 2.41. The Morgan fingerprint density at radius 1 is 1.19 bits per heavy atom. The van der Waals surface area contributed by atoms with Gasteiger partial charge in [0.15, 0.2) is 0 Å². The second-order valence-electron chi connectivity index (χ2n) is 5.24. The summed E-state index contributed by atoms with van der Waals surface area (Å²) >= 11 is 0. The third-order valence-corrected chi connectivity index (χ3v) is 3.34. The molecule has 1 aromatic carbocycles. The van der Waals surface area contributed by atoms with Crippen molar-refractivity contribution >= 4 is 5.91 Å². The number of hydrogen-bond acceptors (Lipinski definition) is 3. The third kappa shape index (κ3) is 7.83. The van der Waals surface area contributed by atoms with Gasteiger partial charge in [-0.15, -0.1) is 0 Å². The predicted molar refractivity (Wildman–Crippen MR) is 84.6 cm³/mol. The van der Waals surface area contributed by atoms with Crippen LogP contribution in [-0.4, -0.2) is 39.4 Å². The van der Waals surface area contributed by atoms with Crippen LogP contribution in [0.2, 0.25) is 0 Å². The first kappa shape index (κ1) is 17.7. The molecule has 0 fully saturated rings. The molecule has 0 aliphatic carbocycles. The topological polar surface area (TPSA) is 47.6 Å². The van der Waals surface area contributed by atoms with Crippen LogP contribution in [0.15, 0.2) is 18.2 Å². The molecule has 0 radical (unpaired) electrons. The fraction of sp³-hybridized carbons (Fsp3) is 0.588. The molecule has 21 heavy (non-hydrogen) atoms. The maximum absolute atomic E-state index is 11.8. The van der Waals surface area contributed by atoms with Gasteiger partial charge in [-0.2, -0.15) is 0 Å². The van der Waals surface area contributed by atoms with Gasteiger partial charge >= 0.3 is 0 Å². The molecule has 0 aliphatic rings. The number of hydrogen-bond donors (Lipinski definition) is 1. The van der Waals surface area contributed by atoms with Crippen molar-refractivity contribution in [2.45, 2.75) is 33.1 Å². The summed E-state index contributed by atoms with van der Waals surface area (Å²) in [5, 5.41) is 2.92. The standard InChI is InChI=1S/C17H27NO3/c1-14-5-6-16(15(2)13-14)7-8-17(19)18-9-4-10-21-12-11-20-3/h5-6,13H,4,7-12H2,1-3H3,(H,18,19). The molecule has 1 N–H and O–H groups in total. The quantitative estimate of drug-likeness (QED) is 0.674. The maximum atomic E-state index is 11.8. The van der Waals surface area contributed by atoms with Gasteiger partial charge < -0.3 is 14.8 Å². The van der Waals surface area contributed by atoms with E-state index in [0.717, 1.165) is 12.8 Å². The summed E-state index contributed by atoms with van der Waals surface area (Å²) in [6.45, 7) is 6.72. The zero-order valence-electron chi connectivity index (χ0n) is 13.4. The number of aryl methyl sites for hydroxylation is 3. The molecule has 4 nitrogen and oxygen atoms in total. The van der Waals surface area contributed by atoms with E-state index in [0.29, 0.717) is 32.8 Å². The van der Waals surface area contributed by atoms with Gasteiger partial charge in [0.25, 0.3) is 0 Å². The molecular weight excluding hydrogens is 266 g/mol. The lowest BCUT2D eigenvalue weighted by Crippen LogP contribution is -2.25. The average Bonchev–Trinajstić information content (AvgIpc) is 2.45. The summed E-state index contributed by atoms with van der Waals surface area (Å²) in [5.41, 5.74) is 3.77.